The normalized spacial score (nSPS) is 18.6. The third kappa shape index (κ3) is 3.29. The molecule has 2 rings (SSSR count). The maximum Gasteiger partial charge on any atom is 0.417 e. The number of azide groups is 1. The Balaban J connectivity index is 2.40. The molecule has 1 aromatic rings. The number of benzene rings is 1. The van der Waals surface area contributed by atoms with Crippen molar-refractivity contribution in [3.05, 3.63) is 45.3 Å². The average molecular weight is 316 g/mol. The first-order chi connectivity index (χ1) is 10.9. The highest BCUT2D eigenvalue weighted by Gasteiger charge is 2.42. The van der Waals surface area contributed by atoms with Crippen LogP contribution in [0.1, 0.15) is 36.6 Å². The summed E-state index contributed by atoms with van der Waals surface area (Å²) in [6.45, 7) is 7.85. The fourth-order valence-corrected chi connectivity index (χ4v) is 2.56. The molecular formula is C16H20N4O3. The third-order valence-corrected chi connectivity index (χ3v) is 4.16. The van der Waals surface area contributed by atoms with E-state index >= 15 is 0 Å². The maximum absolute atomic E-state index is 12.8. The van der Waals surface area contributed by atoms with Crippen molar-refractivity contribution in [1.82, 2.24) is 4.90 Å². The van der Waals surface area contributed by atoms with Crippen LogP contribution in [-0.4, -0.2) is 29.5 Å². The zero-order valence-electron chi connectivity index (χ0n) is 13.7. The van der Waals surface area contributed by atoms with Crippen LogP contribution in [0.4, 0.5) is 4.79 Å². The predicted molar refractivity (Wildman–Crippen MR) is 84.6 cm³/mol. The molecule has 0 unspecified atom stereocenters. The zero-order chi connectivity index (χ0) is 17.1. The van der Waals surface area contributed by atoms with E-state index in [1.54, 1.807) is 12.1 Å². The number of amides is 2. The Kier molecular flexibility index (Phi) is 4.91. The van der Waals surface area contributed by atoms with Gasteiger partial charge in [0.25, 0.3) is 0 Å². The van der Waals surface area contributed by atoms with Gasteiger partial charge in [0.15, 0.2) is 0 Å². The number of cyclic esters (lactones) is 1. The SMILES string of the molecule is Cc1ccc([C@H](N=[N+]=[N-])C(=O)N2C(=O)OC[C@@H]2C(C)C)cc1C. The van der Waals surface area contributed by atoms with Gasteiger partial charge in [0, 0.05) is 4.91 Å². The topological polar surface area (TPSA) is 95.4 Å². The lowest BCUT2D eigenvalue weighted by atomic mass is 9.99. The van der Waals surface area contributed by atoms with Gasteiger partial charge < -0.3 is 4.74 Å². The Labute approximate surface area is 134 Å². The van der Waals surface area contributed by atoms with E-state index in [0.29, 0.717) is 5.56 Å². The van der Waals surface area contributed by atoms with Gasteiger partial charge in [-0.2, -0.15) is 0 Å². The van der Waals surface area contributed by atoms with Crippen molar-refractivity contribution in [2.24, 2.45) is 11.0 Å². The van der Waals surface area contributed by atoms with Gasteiger partial charge in [0.2, 0.25) is 5.91 Å². The molecule has 1 heterocycles. The van der Waals surface area contributed by atoms with Crippen molar-refractivity contribution in [2.45, 2.75) is 39.8 Å². The molecule has 0 N–H and O–H groups in total. The van der Waals surface area contributed by atoms with Gasteiger partial charge in [-0.05, 0) is 42.0 Å². The van der Waals surface area contributed by atoms with Gasteiger partial charge in [0.1, 0.15) is 12.6 Å². The average Bonchev–Trinajstić information content (AvgIpc) is 2.89. The molecule has 0 saturated carbocycles. The van der Waals surface area contributed by atoms with Crippen LogP contribution in [-0.2, 0) is 9.53 Å². The number of nitrogens with zero attached hydrogens (tertiary/aromatic N) is 4. The van der Waals surface area contributed by atoms with Crippen LogP contribution in [0.15, 0.2) is 23.3 Å². The van der Waals surface area contributed by atoms with E-state index in [-0.39, 0.29) is 18.6 Å². The van der Waals surface area contributed by atoms with E-state index in [4.69, 9.17) is 10.3 Å². The smallest absolute Gasteiger partial charge is 0.417 e. The van der Waals surface area contributed by atoms with Crippen LogP contribution in [0.3, 0.4) is 0 Å². The van der Waals surface area contributed by atoms with E-state index in [2.05, 4.69) is 10.0 Å². The summed E-state index contributed by atoms with van der Waals surface area (Å²) in [6.07, 6.45) is -0.685. The Morgan fingerprint density at radius 3 is 2.65 bits per heavy atom. The molecule has 0 radical (unpaired) electrons. The van der Waals surface area contributed by atoms with Crippen molar-refractivity contribution in [2.75, 3.05) is 6.61 Å². The number of hydrogen-bond acceptors (Lipinski definition) is 4. The number of ether oxygens (including phenoxy) is 1. The lowest BCUT2D eigenvalue weighted by Gasteiger charge is -2.25. The second-order valence-electron chi connectivity index (χ2n) is 6.05. The Bertz CT molecular complexity index is 680. The molecule has 2 atom stereocenters. The molecule has 1 saturated heterocycles. The van der Waals surface area contributed by atoms with Crippen molar-refractivity contribution in [3.8, 4) is 0 Å². The minimum atomic E-state index is -1.08. The van der Waals surface area contributed by atoms with E-state index in [9.17, 15) is 9.59 Å². The molecule has 1 aliphatic heterocycles. The number of carbonyl (C=O) groups excluding carboxylic acids is 2. The minimum Gasteiger partial charge on any atom is -0.447 e. The van der Waals surface area contributed by atoms with Crippen molar-refractivity contribution in [1.29, 1.82) is 0 Å². The van der Waals surface area contributed by atoms with Gasteiger partial charge in [-0.25, -0.2) is 9.69 Å². The fraction of sp³-hybridized carbons (Fsp3) is 0.500. The number of carbonyl (C=O) groups is 2. The molecule has 7 nitrogen and oxygen atoms in total. The van der Waals surface area contributed by atoms with E-state index in [1.807, 2.05) is 33.8 Å². The molecule has 0 aliphatic carbocycles. The molecule has 1 aliphatic rings. The van der Waals surface area contributed by atoms with Crippen LogP contribution in [0, 0.1) is 19.8 Å². The Hall–Kier alpha value is -2.53. The largest absolute Gasteiger partial charge is 0.447 e. The summed E-state index contributed by atoms with van der Waals surface area (Å²) in [5.74, 6) is -0.496. The van der Waals surface area contributed by atoms with Gasteiger partial charge in [-0.1, -0.05) is 37.2 Å². The van der Waals surface area contributed by atoms with Crippen molar-refractivity contribution >= 4 is 12.0 Å². The van der Waals surface area contributed by atoms with Crippen molar-refractivity contribution < 1.29 is 14.3 Å². The number of imide groups is 1. The van der Waals surface area contributed by atoms with Crippen molar-refractivity contribution in [3.63, 3.8) is 0 Å². The highest BCUT2D eigenvalue weighted by atomic mass is 16.6. The highest BCUT2D eigenvalue weighted by molar-refractivity contribution is 5.97. The first kappa shape index (κ1) is 16.8. The second kappa shape index (κ2) is 6.71. The quantitative estimate of drug-likeness (QED) is 0.481. The molecule has 23 heavy (non-hydrogen) atoms. The second-order valence-corrected chi connectivity index (χ2v) is 6.05. The van der Waals surface area contributed by atoms with Crippen LogP contribution in [0.5, 0.6) is 0 Å². The molecule has 1 fully saturated rings. The van der Waals surface area contributed by atoms with Gasteiger partial charge in [-0.3, -0.25) is 4.79 Å². The summed E-state index contributed by atoms with van der Waals surface area (Å²) in [5.41, 5.74) is 11.4. The van der Waals surface area contributed by atoms with Crippen LogP contribution in [0.2, 0.25) is 0 Å². The predicted octanol–water partition coefficient (Wildman–Crippen LogP) is 3.66. The first-order valence-electron chi connectivity index (χ1n) is 7.48. The Morgan fingerprint density at radius 1 is 1.39 bits per heavy atom. The fourth-order valence-electron chi connectivity index (χ4n) is 2.56. The minimum absolute atomic E-state index is 0.0527. The molecule has 0 aromatic heterocycles. The van der Waals surface area contributed by atoms with Crippen LogP contribution < -0.4 is 0 Å². The highest BCUT2D eigenvalue weighted by Crippen LogP contribution is 2.28. The summed E-state index contributed by atoms with van der Waals surface area (Å²) in [5, 5.41) is 3.62. The number of hydrogen-bond donors (Lipinski definition) is 0. The zero-order valence-corrected chi connectivity index (χ0v) is 13.7. The van der Waals surface area contributed by atoms with Gasteiger partial charge in [-0.15, -0.1) is 0 Å². The third-order valence-electron chi connectivity index (χ3n) is 4.16. The van der Waals surface area contributed by atoms with Gasteiger partial charge in [0.05, 0.1) is 6.04 Å². The molecule has 0 bridgehead atoms. The molecule has 1 aromatic carbocycles. The molecule has 0 spiro atoms. The maximum atomic E-state index is 12.8. The summed E-state index contributed by atoms with van der Waals surface area (Å²) in [4.78, 5) is 28.6. The monoisotopic (exact) mass is 316 g/mol. The summed E-state index contributed by atoms with van der Waals surface area (Å²) >= 11 is 0. The van der Waals surface area contributed by atoms with E-state index in [1.165, 1.54) is 0 Å². The Morgan fingerprint density at radius 2 is 2.09 bits per heavy atom. The van der Waals surface area contributed by atoms with Crippen LogP contribution in [0.25, 0.3) is 10.4 Å². The molecule has 7 heteroatoms. The molecule has 2 amide bonds. The number of rotatable bonds is 4. The lowest BCUT2D eigenvalue weighted by Crippen LogP contribution is -2.43. The molecule has 122 valence electrons. The summed E-state index contributed by atoms with van der Waals surface area (Å²) in [6, 6.07) is 3.98. The summed E-state index contributed by atoms with van der Waals surface area (Å²) in [7, 11) is 0. The standard InChI is InChI=1S/C16H20N4O3/c1-9(2)13-8-23-16(22)20(13)15(21)14(18-19-17)12-6-5-10(3)11(4)7-12/h5-7,9,13-14H,8H2,1-4H3/t13-,14+/m1/s1. The lowest BCUT2D eigenvalue weighted by molar-refractivity contribution is -0.131. The van der Waals surface area contributed by atoms with Crippen LogP contribution >= 0.6 is 0 Å². The molecular weight excluding hydrogens is 296 g/mol. The van der Waals surface area contributed by atoms with Gasteiger partial charge >= 0.3 is 6.09 Å². The van der Waals surface area contributed by atoms with E-state index < -0.39 is 18.0 Å². The summed E-state index contributed by atoms with van der Waals surface area (Å²) < 4.78 is 5.00. The number of aryl methyl sites for hydroxylation is 2. The van der Waals surface area contributed by atoms with E-state index in [0.717, 1.165) is 16.0 Å². The first-order valence-corrected chi connectivity index (χ1v) is 7.48.